The smallest absolute Gasteiger partial charge is 0.410 e. The Morgan fingerprint density at radius 3 is 2.19 bits per heavy atom. The molecule has 1 fully saturated rings. The van der Waals surface area contributed by atoms with Gasteiger partial charge in [-0.25, -0.2) is 0 Å². The summed E-state index contributed by atoms with van der Waals surface area (Å²) in [6.07, 6.45) is -0.736. The van der Waals surface area contributed by atoms with Gasteiger partial charge in [0.25, 0.3) is 0 Å². The Hall–Kier alpha value is -0.973. The van der Waals surface area contributed by atoms with Gasteiger partial charge in [0.1, 0.15) is 6.10 Å². The molecule has 0 aliphatic heterocycles. The molecule has 2 aliphatic carbocycles. The fraction of sp³-hybridized carbons (Fsp3) is 0.621. The van der Waals surface area contributed by atoms with Crippen molar-refractivity contribution in [3.63, 3.8) is 0 Å². The molecule has 4 rings (SSSR count). The van der Waals surface area contributed by atoms with E-state index in [-0.39, 0.29) is 22.5 Å². The zero-order chi connectivity index (χ0) is 27.6. The van der Waals surface area contributed by atoms with E-state index in [0.717, 1.165) is 70.3 Å². The van der Waals surface area contributed by atoms with E-state index < -0.39 is 26.2 Å². The second-order valence-electron chi connectivity index (χ2n) is 13.1. The first-order valence-electron chi connectivity index (χ1n) is 13.2. The number of pyridine rings is 1. The molecule has 0 amide bonds. The number of benzene rings is 1. The van der Waals surface area contributed by atoms with Crippen molar-refractivity contribution in [2.45, 2.75) is 109 Å². The van der Waals surface area contributed by atoms with Crippen LogP contribution < -0.4 is 0 Å². The molecule has 1 aromatic carbocycles. The van der Waals surface area contributed by atoms with Gasteiger partial charge in [0.15, 0.2) is 8.32 Å². The van der Waals surface area contributed by atoms with E-state index in [4.69, 9.17) is 9.41 Å². The SMILES string of the molecule is CC1(C)Cc2nc(C3CCC3)c([C@H](O)c3ccc(C(F)(F)F)cc3)c(I)c2[C@@H](O[Si](C)(C)C(C)(C)C)C1. The summed E-state index contributed by atoms with van der Waals surface area (Å²) in [7, 11) is -2.11. The van der Waals surface area contributed by atoms with Gasteiger partial charge in [-0.3, -0.25) is 4.98 Å². The molecule has 2 atom stereocenters. The summed E-state index contributed by atoms with van der Waals surface area (Å²) in [5.74, 6) is 0.266. The summed E-state index contributed by atoms with van der Waals surface area (Å²) < 4.78 is 47.4. The molecule has 37 heavy (non-hydrogen) atoms. The first-order chi connectivity index (χ1) is 16.9. The maximum atomic E-state index is 13.2. The van der Waals surface area contributed by atoms with Crippen molar-refractivity contribution < 1.29 is 22.7 Å². The van der Waals surface area contributed by atoms with Gasteiger partial charge in [0.05, 0.1) is 17.4 Å². The molecule has 0 bridgehead atoms. The number of hydrogen-bond acceptors (Lipinski definition) is 3. The van der Waals surface area contributed by atoms with Crippen molar-refractivity contribution in [3.8, 4) is 0 Å². The molecule has 2 aromatic rings. The summed E-state index contributed by atoms with van der Waals surface area (Å²) in [6.45, 7) is 15.7. The highest BCUT2D eigenvalue weighted by Crippen LogP contribution is 2.51. The van der Waals surface area contributed by atoms with Crippen LogP contribution in [0.15, 0.2) is 24.3 Å². The van der Waals surface area contributed by atoms with E-state index in [2.05, 4.69) is 70.3 Å². The van der Waals surface area contributed by atoms with E-state index >= 15 is 0 Å². The fourth-order valence-electron chi connectivity index (χ4n) is 5.15. The van der Waals surface area contributed by atoms with Crippen LogP contribution in [0.4, 0.5) is 13.2 Å². The predicted octanol–water partition coefficient (Wildman–Crippen LogP) is 9.09. The van der Waals surface area contributed by atoms with E-state index in [9.17, 15) is 18.3 Å². The first kappa shape index (κ1) is 29.0. The van der Waals surface area contributed by atoms with Gasteiger partial charge in [0, 0.05) is 26.3 Å². The molecule has 0 unspecified atom stereocenters. The normalized spacial score (nSPS) is 21.4. The highest BCUT2D eigenvalue weighted by Gasteiger charge is 2.45. The summed E-state index contributed by atoms with van der Waals surface area (Å²) in [5, 5.41) is 11.7. The molecule has 8 heteroatoms. The number of rotatable bonds is 5. The molecule has 1 heterocycles. The van der Waals surface area contributed by atoms with Crippen LogP contribution in [0.2, 0.25) is 18.1 Å². The Morgan fingerprint density at radius 2 is 1.70 bits per heavy atom. The Labute approximate surface area is 233 Å². The Bertz CT molecular complexity index is 1150. The Balaban J connectivity index is 1.85. The van der Waals surface area contributed by atoms with Gasteiger partial charge in [-0.15, -0.1) is 0 Å². The van der Waals surface area contributed by atoms with Crippen LogP contribution in [0.25, 0.3) is 0 Å². The highest BCUT2D eigenvalue weighted by molar-refractivity contribution is 14.1. The molecule has 1 aromatic heterocycles. The van der Waals surface area contributed by atoms with Crippen LogP contribution in [0.5, 0.6) is 0 Å². The summed E-state index contributed by atoms with van der Waals surface area (Å²) in [6, 6.07) is 4.87. The van der Waals surface area contributed by atoms with Crippen LogP contribution in [-0.2, 0) is 17.0 Å². The number of aromatic nitrogens is 1. The Morgan fingerprint density at radius 1 is 1.11 bits per heavy atom. The topological polar surface area (TPSA) is 42.4 Å². The zero-order valence-electron chi connectivity index (χ0n) is 22.9. The first-order valence-corrected chi connectivity index (χ1v) is 17.1. The molecular weight excluding hydrogens is 606 g/mol. The van der Waals surface area contributed by atoms with Gasteiger partial charge in [-0.1, -0.05) is 53.2 Å². The largest absolute Gasteiger partial charge is 0.416 e. The van der Waals surface area contributed by atoms with E-state index in [0.29, 0.717) is 5.56 Å². The highest BCUT2D eigenvalue weighted by atomic mass is 127. The second-order valence-corrected chi connectivity index (χ2v) is 19.0. The maximum Gasteiger partial charge on any atom is 0.416 e. The quantitative estimate of drug-likeness (QED) is 0.261. The lowest BCUT2D eigenvalue weighted by atomic mass is 9.73. The summed E-state index contributed by atoms with van der Waals surface area (Å²) in [4.78, 5) is 5.23. The van der Waals surface area contributed by atoms with Gasteiger partial charge < -0.3 is 9.53 Å². The lowest BCUT2D eigenvalue weighted by Gasteiger charge is -2.45. The van der Waals surface area contributed by atoms with Gasteiger partial charge in [0.2, 0.25) is 0 Å². The Kier molecular flexibility index (Phi) is 7.76. The summed E-state index contributed by atoms with van der Waals surface area (Å²) in [5.41, 5.74) is 3.53. The molecule has 0 spiro atoms. The average molecular weight is 646 g/mol. The van der Waals surface area contributed by atoms with Gasteiger partial charge >= 0.3 is 6.18 Å². The summed E-state index contributed by atoms with van der Waals surface area (Å²) >= 11 is 2.34. The fourth-order valence-corrected chi connectivity index (χ4v) is 7.64. The zero-order valence-corrected chi connectivity index (χ0v) is 26.0. The number of nitrogens with zero attached hydrogens (tertiary/aromatic N) is 1. The third-order valence-corrected chi connectivity index (χ3v) is 14.2. The molecule has 0 saturated heterocycles. The van der Waals surface area contributed by atoms with Crippen LogP contribution in [0, 0.1) is 8.99 Å². The number of hydrogen-bond donors (Lipinski definition) is 1. The average Bonchev–Trinajstić information content (AvgIpc) is 2.69. The number of aliphatic hydroxyl groups excluding tert-OH is 1. The second kappa shape index (κ2) is 9.89. The van der Waals surface area contributed by atoms with Crippen molar-refractivity contribution >= 4 is 30.9 Å². The standard InChI is InChI=1S/C29H39F3INO2Si/c1-27(2,3)37(6,7)36-21-16-28(4,5)15-20-22(21)24(33)23(25(34-20)17-9-8-10-17)26(35)18-11-13-19(14-12-18)29(30,31)32/h11-14,17,21,26,35H,8-10,15-16H2,1-7H3/t21-,26+/m0/s1. The van der Waals surface area contributed by atoms with Crippen molar-refractivity contribution in [1.29, 1.82) is 0 Å². The minimum Gasteiger partial charge on any atom is -0.410 e. The number of halogens is 4. The third-order valence-electron chi connectivity index (χ3n) is 8.58. The van der Waals surface area contributed by atoms with Gasteiger partial charge in [-0.2, -0.15) is 13.2 Å². The minimum atomic E-state index is -4.41. The molecule has 204 valence electrons. The van der Waals surface area contributed by atoms with E-state index in [1.807, 2.05) is 0 Å². The predicted molar refractivity (Wildman–Crippen MR) is 152 cm³/mol. The maximum absolute atomic E-state index is 13.2. The molecule has 2 aliphatic rings. The lowest BCUT2D eigenvalue weighted by Crippen LogP contribution is -2.44. The van der Waals surface area contributed by atoms with E-state index in [1.165, 1.54) is 12.1 Å². The van der Waals surface area contributed by atoms with Crippen molar-refractivity contribution in [1.82, 2.24) is 4.98 Å². The van der Waals surface area contributed by atoms with Crippen LogP contribution in [0.3, 0.4) is 0 Å². The minimum absolute atomic E-state index is 0.0283. The number of alkyl halides is 3. The van der Waals surface area contributed by atoms with Crippen LogP contribution in [0.1, 0.15) is 112 Å². The van der Waals surface area contributed by atoms with Gasteiger partial charge in [-0.05, 0) is 89.5 Å². The van der Waals surface area contributed by atoms with Crippen molar-refractivity contribution in [2.24, 2.45) is 5.41 Å². The van der Waals surface area contributed by atoms with Crippen LogP contribution in [-0.4, -0.2) is 18.4 Å². The monoisotopic (exact) mass is 645 g/mol. The molecular formula is C29H39F3INO2Si. The van der Waals surface area contributed by atoms with Crippen molar-refractivity contribution in [3.05, 3.63) is 61.5 Å². The van der Waals surface area contributed by atoms with Crippen molar-refractivity contribution in [2.75, 3.05) is 0 Å². The molecule has 3 nitrogen and oxygen atoms in total. The van der Waals surface area contributed by atoms with E-state index in [1.54, 1.807) is 0 Å². The lowest BCUT2D eigenvalue weighted by molar-refractivity contribution is -0.137. The molecule has 1 saturated carbocycles. The van der Waals surface area contributed by atoms with Crippen LogP contribution >= 0.6 is 22.6 Å². The molecule has 0 radical (unpaired) electrons. The third kappa shape index (κ3) is 5.82. The number of aliphatic hydroxyl groups is 1. The molecule has 1 N–H and O–H groups in total. The number of fused-ring (bicyclic) bond motifs is 1.